The Bertz CT molecular complexity index is 543. The van der Waals surface area contributed by atoms with Crippen molar-refractivity contribution in [2.45, 2.75) is 36.9 Å². The van der Waals surface area contributed by atoms with Crippen molar-refractivity contribution in [3.8, 4) is 0 Å². The number of nitrogens with one attached hydrogen (secondary N) is 1. The predicted octanol–water partition coefficient (Wildman–Crippen LogP) is 2.35. The average Bonchev–Trinajstić information content (AvgIpc) is 2.42. The molecule has 0 spiro atoms. The lowest BCUT2D eigenvalue weighted by molar-refractivity contribution is -0.138. The molecule has 1 heterocycles. The Balaban J connectivity index is 2.98. The Hall–Kier alpha value is -0.440. The quantitative estimate of drug-likeness (QED) is 0.848. The fourth-order valence-electron chi connectivity index (χ4n) is 1.39. The third kappa shape index (κ3) is 4.04. The first kappa shape index (κ1) is 15.6. The first-order valence-electron chi connectivity index (χ1n) is 5.05. The standard InChI is InChI=1S/C10H14BrNO4S2/c1-6-4-8(17-9(6)11)18(15,16)12-10(2,3)5-7(13)14/h4,12H,5H2,1-3H3,(H,13,14). The molecule has 0 saturated heterocycles. The summed E-state index contributed by atoms with van der Waals surface area (Å²) in [5.41, 5.74) is -0.203. The minimum absolute atomic E-state index is 0.172. The molecule has 102 valence electrons. The average molecular weight is 356 g/mol. The van der Waals surface area contributed by atoms with E-state index in [0.717, 1.165) is 20.7 Å². The number of carboxylic acids is 1. The number of thiophene rings is 1. The maximum atomic E-state index is 12.1. The molecular weight excluding hydrogens is 342 g/mol. The summed E-state index contributed by atoms with van der Waals surface area (Å²) >= 11 is 4.36. The predicted molar refractivity (Wildman–Crippen MR) is 73.4 cm³/mol. The van der Waals surface area contributed by atoms with E-state index in [0.29, 0.717) is 0 Å². The summed E-state index contributed by atoms with van der Waals surface area (Å²) in [6.45, 7) is 4.87. The summed E-state index contributed by atoms with van der Waals surface area (Å²) in [5.74, 6) is -1.05. The van der Waals surface area contributed by atoms with Gasteiger partial charge in [-0.2, -0.15) is 0 Å². The topological polar surface area (TPSA) is 83.5 Å². The van der Waals surface area contributed by atoms with Gasteiger partial charge in [-0.25, -0.2) is 13.1 Å². The molecule has 0 aliphatic heterocycles. The number of hydrogen-bond acceptors (Lipinski definition) is 4. The number of rotatable bonds is 5. The van der Waals surface area contributed by atoms with Gasteiger partial charge < -0.3 is 5.11 Å². The Morgan fingerprint density at radius 3 is 2.50 bits per heavy atom. The minimum Gasteiger partial charge on any atom is -0.481 e. The van der Waals surface area contributed by atoms with Crippen LogP contribution >= 0.6 is 27.3 Å². The summed E-state index contributed by atoms with van der Waals surface area (Å²) in [6.07, 6.45) is -0.280. The Labute approximate surface area is 118 Å². The van der Waals surface area contributed by atoms with Crippen LogP contribution in [-0.4, -0.2) is 25.0 Å². The van der Waals surface area contributed by atoms with Crippen LogP contribution in [-0.2, 0) is 14.8 Å². The maximum absolute atomic E-state index is 12.1. The van der Waals surface area contributed by atoms with Gasteiger partial charge in [-0.15, -0.1) is 11.3 Å². The second-order valence-electron chi connectivity index (χ2n) is 4.58. The molecule has 0 unspecified atom stereocenters. The third-order valence-corrected chi connectivity index (χ3v) is 6.41. The van der Waals surface area contributed by atoms with E-state index in [1.807, 2.05) is 0 Å². The largest absolute Gasteiger partial charge is 0.481 e. The zero-order valence-electron chi connectivity index (χ0n) is 10.2. The highest BCUT2D eigenvalue weighted by Crippen LogP contribution is 2.31. The summed E-state index contributed by atoms with van der Waals surface area (Å²) in [6, 6.07) is 1.55. The summed E-state index contributed by atoms with van der Waals surface area (Å²) < 4.78 is 27.5. The monoisotopic (exact) mass is 355 g/mol. The molecule has 0 saturated carbocycles. The smallest absolute Gasteiger partial charge is 0.305 e. The molecule has 0 atom stereocenters. The minimum atomic E-state index is -3.69. The third-order valence-electron chi connectivity index (χ3n) is 2.10. The van der Waals surface area contributed by atoms with Gasteiger partial charge >= 0.3 is 5.97 Å². The van der Waals surface area contributed by atoms with Crippen LogP contribution in [0, 0.1) is 6.92 Å². The number of carbonyl (C=O) groups is 1. The molecule has 2 N–H and O–H groups in total. The van der Waals surface area contributed by atoms with Gasteiger partial charge in [0.25, 0.3) is 10.0 Å². The van der Waals surface area contributed by atoms with Gasteiger partial charge in [-0.3, -0.25) is 4.79 Å². The molecule has 8 heteroatoms. The Morgan fingerprint density at radius 2 is 2.11 bits per heavy atom. The van der Waals surface area contributed by atoms with Gasteiger partial charge in [0.05, 0.1) is 10.2 Å². The molecule has 1 aromatic rings. The highest BCUT2D eigenvalue weighted by molar-refractivity contribution is 9.11. The molecule has 0 amide bonds. The second kappa shape index (κ2) is 5.28. The van der Waals surface area contributed by atoms with Crippen LogP contribution in [0.5, 0.6) is 0 Å². The van der Waals surface area contributed by atoms with Crippen molar-refractivity contribution >= 4 is 43.3 Å². The van der Waals surface area contributed by atoms with E-state index in [2.05, 4.69) is 20.7 Å². The van der Waals surface area contributed by atoms with E-state index in [9.17, 15) is 13.2 Å². The maximum Gasteiger partial charge on any atom is 0.305 e. The lowest BCUT2D eigenvalue weighted by Crippen LogP contribution is -2.44. The van der Waals surface area contributed by atoms with Crippen LogP contribution in [0.4, 0.5) is 0 Å². The van der Waals surface area contributed by atoms with Crippen molar-refractivity contribution in [2.75, 3.05) is 0 Å². The zero-order chi connectivity index (χ0) is 14.1. The van der Waals surface area contributed by atoms with Crippen LogP contribution in [0.15, 0.2) is 14.1 Å². The lowest BCUT2D eigenvalue weighted by atomic mass is 10.0. The van der Waals surface area contributed by atoms with Gasteiger partial charge in [0, 0.05) is 5.54 Å². The summed E-state index contributed by atoms with van der Waals surface area (Å²) in [4.78, 5) is 10.7. The summed E-state index contributed by atoms with van der Waals surface area (Å²) in [5, 5.41) is 8.73. The molecule has 0 radical (unpaired) electrons. The number of aryl methyl sites for hydroxylation is 1. The summed E-state index contributed by atoms with van der Waals surface area (Å²) in [7, 11) is -3.69. The fourth-order valence-corrected chi connectivity index (χ4v) is 5.03. The molecule has 0 aliphatic rings. The van der Waals surface area contributed by atoms with Crippen molar-refractivity contribution in [1.82, 2.24) is 4.72 Å². The van der Waals surface area contributed by atoms with Gasteiger partial charge in [0.2, 0.25) is 0 Å². The lowest BCUT2D eigenvalue weighted by Gasteiger charge is -2.23. The fraction of sp³-hybridized carbons (Fsp3) is 0.500. The van der Waals surface area contributed by atoms with Crippen LogP contribution in [0.3, 0.4) is 0 Å². The van der Waals surface area contributed by atoms with Crippen molar-refractivity contribution in [2.24, 2.45) is 0 Å². The van der Waals surface area contributed by atoms with E-state index in [-0.39, 0.29) is 10.6 Å². The SMILES string of the molecule is Cc1cc(S(=O)(=O)NC(C)(C)CC(=O)O)sc1Br. The normalized spacial score (nSPS) is 12.7. The van der Waals surface area contributed by atoms with Crippen molar-refractivity contribution in [3.05, 3.63) is 15.4 Å². The highest BCUT2D eigenvalue weighted by Gasteiger charge is 2.29. The van der Waals surface area contributed by atoms with Crippen molar-refractivity contribution < 1.29 is 18.3 Å². The number of carboxylic acid groups (broad SMARTS) is 1. The number of aliphatic carboxylic acids is 1. The Morgan fingerprint density at radius 1 is 1.56 bits per heavy atom. The number of halogens is 1. The van der Waals surface area contributed by atoms with Crippen LogP contribution in [0.25, 0.3) is 0 Å². The first-order valence-corrected chi connectivity index (χ1v) is 8.14. The molecular formula is C10H14BrNO4S2. The van der Waals surface area contributed by atoms with E-state index >= 15 is 0 Å². The van der Waals surface area contributed by atoms with Crippen LogP contribution in [0.1, 0.15) is 25.8 Å². The van der Waals surface area contributed by atoms with Crippen LogP contribution < -0.4 is 4.72 Å². The molecule has 0 aliphatic carbocycles. The van der Waals surface area contributed by atoms with Crippen LogP contribution in [0.2, 0.25) is 0 Å². The first-order chi connectivity index (χ1) is 8.03. The molecule has 5 nitrogen and oxygen atoms in total. The Kier molecular flexibility index (Phi) is 4.58. The number of sulfonamides is 1. The van der Waals surface area contributed by atoms with Crippen molar-refractivity contribution in [1.29, 1.82) is 0 Å². The molecule has 1 rings (SSSR count). The molecule has 18 heavy (non-hydrogen) atoms. The highest BCUT2D eigenvalue weighted by atomic mass is 79.9. The molecule has 1 aromatic heterocycles. The van der Waals surface area contributed by atoms with Crippen molar-refractivity contribution in [3.63, 3.8) is 0 Å². The molecule has 0 bridgehead atoms. The van der Waals surface area contributed by atoms with Gasteiger partial charge in [0.1, 0.15) is 4.21 Å². The molecule has 0 fully saturated rings. The zero-order valence-corrected chi connectivity index (χ0v) is 13.4. The number of hydrogen-bond donors (Lipinski definition) is 2. The van der Waals surface area contributed by atoms with E-state index < -0.39 is 21.5 Å². The van der Waals surface area contributed by atoms with E-state index in [1.165, 1.54) is 13.8 Å². The molecule has 0 aromatic carbocycles. The van der Waals surface area contributed by atoms with Gasteiger partial charge in [0.15, 0.2) is 0 Å². The van der Waals surface area contributed by atoms with E-state index in [4.69, 9.17) is 5.11 Å². The second-order valence-corrected chi connectivity index (χ2v) is 8.86. The van der Waals surface area contributed by atoms with Gasteiger partial charge in [-0.1, -0.05) is 0 Å². The van der Waals surface area contributed by atoms with E-state index in [1.54, 1.807) is 13.0 Å². The van der Waals surface area contributed by atoms with Gasteiger partial charge in [-0.05, 0) is 48.3 Å².